The normalized spacial score (nSPS) is 10.0. The van der Waals surface area contributed by atoms with Crippen LogP contribution in [0.3, 0.4) is 0 Å². The molecule has 0 aromatic heterocycles. The van der Waals surface area contributed by atoms with E-state index in [9.17, 15) is 4.39 Å². The molecular weight excluding hydrogens is 247 g/mol. The highest BCUT2D eigenvalue weighted by Crippen LogP contribution is 2.17. The average Bonchev–Trinajstić information content (AvgIpc) is 2.46. The molecule has 0 saturated carbocycles. The molecule has 2 aromatic carbocycles. The van der Waals surface area contributed by atoms with Crippen molar-refractivity contribution in [3.05, 3.63) is 54.3 Å². The number of benzene rings is 2. The Hall–Kier alpha value is -2.23. The zero-order valence-corrected chi connectivity index (χ0v) is 10.6. The van der Waals surface area contributed by atoms with Gasteiger partial charge in [0, 0.05) is 0 Å². The predicted molar refractivity (Wildman–Crippen MR) is 70.4 cm³/mol. The second kappa shape index (κ2) is 6.64. The van der Waals surface area contributed by atoms with E-state index in [2.05, 4.69) is 0 Å². The number of halogens is 1. The Morgan fingerprint density at radius 3 is 1.63 bits per heavy atom. The number of ether oxygens (including phenoxy) is 3. The van der Waals surface area contributed by atoms with E-state index in [-0.39, 0.29) is 5.82 Å². The number of rotatable bonds is 6. The largest absolute Gasteiger partial charge is 0.497 e. The molecule has 3 nitrogen and oxygen atoms in total. The first kappa shape index (κ1) is 13.2. The van der Waals surface area contributed by atoms with Crippen molar-refractivity contribution in [2.24, 2.45) is 0 Å². The summed E-state index contributed by atoms with van der Waals surface area (Å²) in [5.74, 6) is 1.89. The van der Waals surface area contributed by atoms with Gasteiger partial charge in [-0.2, -0.15) is 0 Å². The van der Waals surface area contributed by atoms with Gasteiger partial charge in [0.15, 0.2) is 0 Å². The Kier molecular flexibility index (Phi) is 4.61. The van der Waals surface area contributed by atoms with Gasteiger partial charge in [-0.1, -0.05) is 0 Å². The van der Waals surface area contributed by atoms with E-state index in [1.54, 1.807) is 19.2 Å². The molecule has 0 aliphatic carbocycles. The van der Waals surface area contributed by atoms with Crippen LogP contribution in [0.5, 0.6) is 17.2 Å². The SMILES string of the molecule is COc1ccc(OCCOc2ccc(F)cc2)cc1. The van der Waals surface area contributed by atoms with Gasteiger partial charge in [-0.05, 0) is 48.5 Å². The fraction of sp³-hybridized carbons (Fsp3) is 0.200. The van der Waals surface area contributed by atoms with Gasteiger partial charge in [0.25, 0.3) is 0 Å². The molecule has 19 heavy (non-hydrogen) atoms. The Morgan fingerprint density at radius 2 is 1.16 bits per heavy atom. The summed E-state index contributed by atoms with van der Waals surface area (Å²) >= 11 is 0. The zero-order chi connectivity index (χ0) is 13.5. The van der Waals surface area contributed by atoms with Crippen LogP contribution in [0.4, 0.5) is 4.39 Å². The summed E-state index contributed by atoms with van der Waals surface area (Å²) in [6.07, 6.45) is 0. The highest BCUT2D eigenvalue weighted by atomic mass is 19.1. The molecular formula is C15H15FO3. The van der Waals surface area contributed by atoms with E-state index in [1.165, 1.54) is 12.1 Å². The number of methoxy groups -OCH3 is 1. The molecule has 2 rings (SSSR count). The lowest BCUT2D eigenvalue weighted by atomic mass is 10.3. The topological polar surface area (TPSA) is 27.7 Å². The lowest BCUT2D eigenvalue weighted by molar-refractivity contribution is 0.217. The molecule has 100 valence electrons. The fourth-order valence-corrected chi connectivity index (χ4v) is 1.52. The van der Waals surface area contributed by atoms with Crippen LogP contribution in [0.2, 0.25) is 0 Å². The molecule has 0 aliphatic heterocycles. The first-order chi connectivity index (χ1) is 9.28. The van der Waals surface area contributed by atoms with Gasteiger partial charge in [-0.15, -0.1) is 0 Å². The highest BCUT2D eigenvalue weighted by molar-refractivity contribution is 5.31. The fourth-order valence-electron chi connectivity index (χ4n) is 1.52. The van der Waals surface area contributed by atoms with Crippen LogP contribution in [0.15, 0.2) is 48.5 Å². The maximum atomic E-state index is 12.7. The second-order valence-corrected chi connectivity index (χ2v) is 3.83. The molecule has 0 aliphatic rings. The first-order valence-electron chi connectivity index (χ1n) is 5.93. The standard InChI is InChI=1S/C15H15FO3/c1-17-13-6-8-15(9-7-13)19-11-10-18-14-4-2-12(16)3-5-14/h2-9H,10-11H2,1H3. The summed E-state index contributed by atoms with van der Waals surface area (Å²) in [6, 6.07) is 13.2. The van der Waals surface area contributed by atoms with Crippen LogP contribution in [0.1, 0.15) is 0 Å². The van der Waals surface area contributed by atoms with Crippen molar-refractivity contribution in [1.82, 2.24) is 0 Å². The molecule has 0 heterocycles. The second-order valence-electron chi connectivity index (χ2n) is 3.83. The third kappa shape index (κ3) is 4.17. The minimum absolute atomic E-state index is 0.276. The van der Waals surface area contributed by atoms with Gasteiger partial charge < -0.3 is 14.2 Å². The van der Waals surface area contributed by atoms with Gasteiger partial charge in [0.2, 0.25) is 0 Å². The van der Waals surface area contributed by atoms with Crippen molar-refractivity contribution < 1.29 is 18.6 Å². The van der Waals surface area contributed by atoms with Crippen LogP contribution in [-0.4, -0.2) is 20.3 Å². The average molecular weight is 262 g/mol. The molecule has 0 fully saturated rings. The van der Waals surface area contributed by atoms with Crippen molar-refractivity contribution >= 4 is 0 Å². The third-order valence-corrected chi connectivity index (χ3v) is 2.49. The molecule has 0 atom stereocenters. The summed E-state index contributed by atoms with van der Waals surface area (Å²) in [5.41, 5.74) is 0. The van der Waals surface area contributed by atoms with Crippen molar-refractivity contribution in [2.75, 3.05) is 20.3 Å². The van der Waals surface area contributed by atoms with Gasteiger partial charge in [-0.3, -0.25) is 0 Å². The highest BCUT2D eigenvalue weighted by Gasteiger charge is 1.97. The first-order valence-corrected chi connectivity index (χ1v) is 5.93. The van der Waals surface area contributed by atoms with Crippen molar-refractivity contribution in [3.8, 4) is 17.2 Å². The maximum absolute atomic E-state index is 12.7. The smallest absolute Gasteiger partial charge is 0.123 e. The molecule has 0 bridgehead atoms. The van der Waals surface area contributed by atoms with Crippen molar-refractivity contribution in [3.63, 3.8) is 0 Å². The molecule has 0 spiro atoms. The Labute approximate surface area is 111 Å². The molecule has 2 aromatic rings. The monoisotopic (exact) mass is 262 g/mol. The molecule has 0 radical (unpaired) electrons. The summed E-state index contributed by atoms with van der Waals surface area (Å²) in [4.78, 5) is 0. The number of hydrogen-bond acceptors (Lipinski definition) is 3. The van der Waals surface area contributed by atoms with Crippen LogP contribution in [0.25, 0.3) is 0 Å². The molecule has 0 N–H and O–H groups in total. The molecule has 0 saturated heterocycles. The Morgan fingerprint density at radius 1 is 0.737 bits per heavy atom. The zero-order valence-electron chi connectivity index (χ0n) is 10.6. The van der Waals surface area contributed by atoms with Gasteiger partial charge in [0.05, 0.1) is 7.11 Å². The van der Waals surface area contributed by atoms with E-state index < -0.39 is 0 Å². The minimum atomic E-state index is -0.276. The number of hydrogen-bond donors (Lipinski definition) is 0. The Balaban J connectivity index is 1.72. The lowest BCUT2D eigenvalue weighted by Gasteiger charge is -2.08. The summed E-state index contributed by atoms with van der Waals surface area (Å²) in [7, 11) is 1.62. The quantitative estimate of drug-likeness (QED) is 0.748. The van der Waals surface area contributed by atoms with Gasteiger partial charge in [-0.25, -0.2) is 4.39 Å². The van der Waals surface area contributed by atoms with Crippen molar-refractivity contribution in [2.45, 2.75) is 0 Å². The van der Waals surface area contributed by atoms with E-state index >= 15 is 0 Å². The summed E-state index contributed by atoms with van der Waals surface area (Å²) in [5, 5.41) is 0. The van der Waals surface area contributed by atoms with Gasteiger partial charge in [0.1, 0.15) is 36.3 Å². The van der Waals surface area contributed by atoms with E-state index in [1.807, 2.05) is 24.3 Å². The predicted octanol–water partition coefficient (Wildman–Crippen LogP) is 3.29. The van der Waals surface area contributed by atoms with Crippen LogP contribution < -0.4 is 14.2 Å². The minimum Gasteiger partial charge on any atom is -0.497 e. The molecule has 4 heteroatoms. The van der Waals surface area contributed by atoms with Crippen LogP contribution in [-0.2, 0) is 0 Å². The Bertz CT molecular complexity index is 494. The van der Waals surface area contributed by atoms with E-state index in [0.717, 1.165) is 11.5 Å². The van der Waals surface area contributed by atoms with E-state index in [0.29, 0.717) is 19.0 Å². The van der Waals surface area contributed by atoms with Gasteiger partial charge >= 0.3 is 0 Å². The molecule has 0 unspecified atom stereocenters. The maximum Gasteiger partial charge on any atom is 0.123 e. The van der Waals surface area contributed by atoms with Crippen LogP contribution >= 0.6 is 0 Å². The summed E-state index contributed by atoms with van der Waals surface area (Å²) < 4.78 is 28.6. The third-order valence-electron chi connectivity index (χ3n) is 2.49. The molecule has 0 amide bonds. The lowest BCUT2D eigenvalue weighted by Crippen LogP contribution is -2.08. The van der Waals surface area contributed by atoms with E-state index in [4.69, 9.17) is 14.2 Å². The summed E-state index contributed by atoms with van der Waals surface area (Å²) in [6.45, 7) is 0.821. The van der Waals surface area contributed by atoms with Crippen molar-refractivity contribution in [1.29, 1.82) is 0 Å². The van der Waals surface area contributed by atoms with Crippen LogP contribution in [0, 0.1) is 5.82 Å².